The van der Waals surface area contributed by atoms with Gasteiger partial charge in [0.05, 0.1) is 52.9 Å². The fourth-order valence-electron chi connectivity index (χ4n) is 27.3. The quantitative estimate of drug-likeness (QED) is 0.128. The Kier molecular flexibility index (Phi) is 7.79. The molecule has 0 bridgehead atoms. The number of rotatable bonds is 15. The van der Waals surface area contributed by atoms with Crippen LogP contribution in [0.1, 0.15) is 103 Å². The number of ether oxygens (including phenoxy) is 6. The average Bonchev–Trinajstić information content (AvgIpc) is 4.22. The third-order valence-corrected chi connectivity index (χ3v) is 27.7. The predicted octanol–water partition coefficient (Wildman–Crippen LogP) is 10.9. The highest BCUT2D eigenvalue weighted by molar-refractivity contribution is 5.70. The molecule has 16 aliphatic carbocycles. The van der Waals surface area contributed by atoms with Gasteiger partial charge < -0.3 is 28.4 Å². The van der Waals surface area contributed by atoms with Crippen molar-refractivity contribution in [2.75, 3.05) is 79.7 Å². The van der Waals surface area contributed by atoms with Gasteiger partial charge in [-0.05, 0) is 213 Å². The molecule has 0 aromatic heterocycles. The first kappa shape index (κ1) is 41.7. The lowest BCUT2D eigenvalue weighted by Gasteiger charge is -2.64. The molecule has 19 aliphatic rings. The molecule has 7 heteroatoms. The fourth-order valence-corrected chi connectivity index (χ4v) is 27.3. The number of likely N-dealkylation sites (tertiary alicyclic amines) is 1. The summed E-state index contributed by atoms with van der Waals surface area (Å²) in [5, 5.41) is 0. The second-order valence-corrected chi connectivity index (χ2v) is 30.0. The molecule has 12 fully saturated rings. The number of allylic oxidation sites excluding steroid dienone is 6. The van der Waals surface area contributed by atoms with E-state index in [9.17, 15) is 0 Å². The molecule has 1 aromatic carbocycles. The fraction of sp³-hybridized carbons (Fsp3) is 0.785. The lowest BCUT2D eigenvalue weighted by atomic mass is 9.38. The number of hydrogen-bond acceptors (Lipinski definition) is 7. The van der Waals surface area contributed by atoms with Gasteiger partial charge in [0.2, 0.25) is 0 Å². The first-order chi connectivity index (χ1) is 35.3. The van der Waals surface area contributed by atoms with Crippen molar-refractivity contribution >= 4 is 0 Å². The van der Waals surface area contributed by atoms with Crippen LogP contribution in [0, 0.1) is 140 Å². The van der Waals surface area contributed by atoms with Gasteiger partial charge in [-0.15, -0.1) is 0 Å². The van der Waals surface area contributed by atoms with Gasteiger partial charge in [-0.3, -0.25) is 4.90 Å². The Labute approximate surface area is 428 Å². The number of fused-ring (bicyclic) bond motifs is 4. The third-order valence-electron chi connectivity index (χ3n) is 27.7. The molecule has 9 saturated carbocycles. The summed E-state index contributed by atoms with van der Waals surface area (Å²) < 4.78 is 37.4. The molecule has 0 radical (unpaired) electrons. The molecule has 0 amide bonds. The van der Waals surface area contributed by atoms with Crippen LogP contribution < -0.4 is 9.47 Å². The van der Waals surface area contributed by atoms with E-state index in [-0.39, 0.29) is 21.7 Å². The molecular formula is C65H79NO6. The van der Waals surface area contributed by atoms with E-state index >= 15 is 0 Å². The summed E-state index contributed by atoms with van der Waals surface area (Å²) in [6.07, 6.45) is 16.7. The van der Waals surface area contributed by atoms with E-state index < -0.39 is 0 Å². The lowest BCUT2D eigenvalue weighted by molar-refractivity contribution is -0.138. The van der Waals surface area contributed by atoms with Gasteiger partial charge in [-0.1, -0.05) is 47.3 Å². The Hall–Kier alpha value is -2.42. The van der Waals surface area contributed by atoms with Crippen LogP contribution in [0.4, 0.5) is 0 Å². The molecule has 23 unspecified atom stereocenters. The molecule has 2 spiro atoms. The highest BCUT2D eigenvalue weighted by atomic mass is 16.5. The number of benzene rings is 1. The summed E-state index contributed by atoms with van der Waals surface area (Å²) in [6.45, 7) is 13.4. The highest BCUT2D eigenvalue weighted by Crippen LogP contribution is 2.95. The zero-order valence-electron chi connectivity index (χ0n) is 43.5. The summed E-state index contributed by atoms with van der Waals surface area (Å²) in [5.41, 5.74) is 19.4. The Balaban J connectivity index is 0.759. The molecule has 72 heavy (non-hydrogen) atoms. The predicted molar refractivity (Wildman–Crippen MR) is 270 cm³/mol. The molecular weight excluding hydrogens is 891 g/mol. The standard InChI is InChI=1S/C65H79NO6/c1-62(26-69-27-62)24-67-16-4-18-71-31-20-30(21-32(22-31)72-19-5-17-68-25-63(2)28-70-29-63)61-65-42-15-14-41-39-12-10-37-35-8-6-33-34-7-9-36-38-11-13-40(42)50-48(38)53-46(36)44(34)51-43(33)45(35)52-47(37)49(39)59(64(41,65)23-66(61)3)57-55(52)54(51)56(53)58(57)60(50)65/h20-22,33-34,36-39,41,43-44,46-47,49,51-56,58,60-61H,4-19,23-29H2,1-3H3. The number of nitrogens with zero attached hydrogens (tertiary/aromatic N) is 1. The Morgan fingerprint density at radius 1 is 0.583 bits per heavy atom. The molecule has 1 aromatic rings. The minimum Gasteiger partial charge on any atom is -0.493 e. The molecule has 20 rings (SSSR count). The van der Waals surface area contributed by atoms with Crippen LogP contribution in [0.25, 0.3) is 0 Å². The van der Waals surface area contributed by atoms with E-state index in [0.717, 1.165) is 190 Å². The van der Waals surface area contributed by atoms with Crippen molar-refractivity contribution in [2.45, 2.75) is 96.9 Å². The van der Waals surface area contributed by atoms with Crippen molar-refractivity contribution in [1.82, 2.24) is 4.90 Å². The van der Waals surface area contributed by atoms with Crippen LogP contribution in [0.2, 0.25) is 0 Å². The maximum atomic E-state index is 6.95. The lowest BCUT2D eigenvalue weighted by Crippen LogP contribution is -2.60. The minimum absolute atomic E-state index is 0.138. The maximum Gasteiger partial charge on any atom is 0.123 e. The van der Waals surface area contributed by atoms with Crippen LogP contribution >= 0.6 is 0 Å². The normalized spacial score (nSPS) is 53.0. The third kappa shape index (κ3) is 4.34. The molecule has 3 saturated heterocycles. The summed E-state index contributed by atoms with van der Waals surface area (Å²) >= 11 is 0. The van der Waals surface area contributed by atoms with Crippen LogP contribution in [-0.4, -0.2) is 84.6 Å². The molecule has 3 heterocycles. The van der Waals surface area contributed by atoms with E-state index in [4.69, 9.17) is 28.4 Å². The van der Waals surface area contributed by atoms with Crippen molar-refractivity contribution in [3.63, 3.8) is 0 Å². The van der Waals surface area contributed by atoms with E-state index in [1.165, 1.54) is 57.1 Å². The average molecular weight is 970 g/mol. The highest BCUT2D eigenvalue weighted by Gasteiger charge is 2.90. The van der Waals surface area contributed by atoms with E-state index in [1.54, 1.807) is 19.3 Å². The van der Waals surface area contributed by atoms with Crippen molar-refractivity contribution in [3.8, 4) is 11.5 Å². The molecule has 23 atom stereocenters. The van der Waals surface area contributed by atoms with Gasteiger partial charge in [0, 0.05) is 72.3 Å². The first-order valence-electron chi connectivity index (χ1n) is 30.7. The summed E-state index contributed by atoms with van der Waals surface area (Å²) in [7, 11) is 2.63. The largest absolute Gasteiger partial charge is 0.493 e. The van der Waals surface area contributed by atoms with Gasteiger partial charge in [-0.2, -0.15) is 0 Å². The van der Waals surface area contributed by atoms with Crippen molar-refractivity contribution in [2.24, 2.45) is 140 Å². The Morgan fingerprint density at radius 3 is 2.06 bits per heavy atom. The molecule has 3 aliphatic heterocycles. The van der Waals surface area contributed by atoms with Crippen molar-refractivity contribution < 1.29 is 28.4 Å². The van der Waals surface area contributed by atoms with Gasteiger partial charge in [-0.25, -0.2) is 0 Å². The number of hydrogen-bond donors (Lipinski definition) is 0. The Morgan fingerprint density at radius 2 is 1.31 bits per heavy atom. The van der Waals surface area contributed by atoms with Gasteiger partial charge in [0.15, 0.2) is 0 Å². The van der Waals surface area contributed by atoms with E-state index in [2.05, 4.69) is 77.4 Å². The van der Waals surface area contributed by atoms with Crippen LogP contribution in [0.3, 0.4) is 0 Å². The minimum atomic E-state index is 0.138. The van der Waals surface area contributed by atoms with Crippen molar-refractivity contribution in [3.05, 3.63) is 68.3 Å². The van der Waals surface area contributed by atoms with Crippen LogP contribution in [0.5, 0.6) is 11.5 Å². The van der Waals surface area contributed by atoms with Gasteiger partial charge in [0.1, 0.15) is 11.5 Å². The van der Waals surface area contributed by atoms with E-state index in [1.807, 2.05) is 11.1 Å². The maximum absolute atomic E-state index is 6.95. The van der Waals surface area contributed by atoms with Gasteiger partial charge >= 0.3 is 0 Å². The summed E-state index contributed by atoms with van der Waals surface area (Å²) in [5.74, 6) is 20.6. The second kappa shape index (κ2) is 13.5. The SMILES string of the molecule is CN1CC23C4=C5C6C7C8=C9CCC%10C%11CCC%12C%13CCC%14=C(CCC2C2CCC9C7C42)C3(C2C%14=C%13C3C%12C%11C(C8%10)C6C3C52)C1c1cc(OCCCOCC2(C)COC2)cc(OCCCOCC2(C)COC2)c1. The molecule has 0 N–H and O–H groups in total. The Bertz CT molecular complexity index is 2760. The van der Waals surface area contributed by atoms with Gasteiger partial charge in [0.25, 0.3) is 0 Å². The zero-order chi connectivity index (χ0) is 46.7. The topological polar surface area (TPSA) is 58.6 Å². The van der Waals surface area contributed by atoms with Crippen LogP contribution in [-0.2, 0) is 18.9 Å². The zero-order valence-corrected chi connectivity index (χ0v) is 43.5. The summed E-state index contributed by atoms with van der Waals surface area (Å²) in [6, 6.07) is 7.70. The smallest absolute Gasteiger partial charge is 0.123 e. The van der Waals surface area contributed by atoms with Crippen molar-refractivity contribution in [1.29, 1.82) is 0 Å². The summed E-state index contributed by atoms with van der Waals surface area (Å²) in [4.78, 5) is 3.03. The molecule has 380 valence electrons. The second-order valence-electron chi connectivity index (χ2n) is 30.0. The molecule has 7 nitrogen and oxygen atoms in total. The first-order valence-corrected chi connectivity index (χ1v) is 30.7. The monoisotopic (exact) mass is 970 g/mol. The van der Waals surface area contributed by atoms with Crippen LogP contribution in [0.15, 0.2) is 62.8 Å². The van der Waals surface area contributed by atoms with E-state index in [0.29, 0.717) is 25.2 Å².